The molecule has 1 aromatic rings. The number of halogens is 1. The molecule has 19 heavy (non-hydrogen) atoms. The first kappa shape index (κ1) is 16.8. The summed E-state index contributed by atoms with van der Waals surface area (Å²) in [5.74, 6) is 2.39. The highest BCUT2D eigenvalue weighted by Crippen LogP contribution is 2.18. The van der Waals surface area contributed by atoms with Crippen LogP contribution in [0.25, 0.3) is 0 Å². The van der Waals surface area contributed by atoms with Gasteiger partial charge in [-0.3, -0.25) is 4.90 Å². The van der Waals surface area contributed by atoms with Crippen LogP contribution in [0.5, 0.6) is 0 Å². The summed E-state index contributed by atoms with van der Waals surface area (Å²) in [4.78, 5) is 2.65. The van der Waals surface area contributed by atoms with Gasteiger partial charge in [-0.2, -0.15) is 11.8 Å². The van der Waals surface area contributed by atoms with E-state index in [4.69, 9.17) is 0 Å². The number of nitrogens with one attached hydrogen (secondary N) is 1. The molecule has 0 saturated carbocycles. The largest absolute Gasteiger partial charge is 0.318 e. The van der Waals surface area contributed by atoms with Gasteiger partial charge in [-0.1, -0.05) is 30.3 Å². The average Bonchev–Trinajstić information content (AvgIpc) is 2.84. The van der Waals surface area contributed by atoms with Crippen molar-refractivity contribution in [3.05, 3.63) is 35.9 Å². The van der Waals surface area contributed by atoms with Gasteiger partial charge in [0.1, 0.15) is 0 Å². The van der Waals surface area contributed by atoms with E-state index in [9.17, 15) is 0 Å². The quantitative estimate of drug-likeness (QED) is 0.779. The van der Waals surface area contributed by atoms with E-state index in [-0.39, 0.29) is 12.4 Å². The van der Waals surface area contributed by atoms with E-state index in [0.717, 1.165) is 18.3 Å². The number of thioether (sulfide) groups is 1. The Labute approximate surface area is 127 Å². The minimum atomic E-state index is 0. The second-order valence-corrected chi connectivity index (χ2v) is 6.03. The highest BCUT2D eigenvalue weighted by atomic mass is 35.5. The molecule has 1 fully saturated rings. The molecular formula is C15H25ClN2S. The lowest BCUT2D eigenvalue weighted by Crippen LogP contribution is -2.37. The summed E-state index contributed by atoms with van der Waals surface area (Å²) >= 11 is 2.05. The van der Waals surface area contributed by atoms with Gasteiger partial charge in [0.25, 0.3) is 0 Å². The standard InChI is InChI=1S/C15H24N2S.ClH/c1-16-12-15-8-5-9-17(15)10-11-18-13-14-6-3-2-4-7-14;/h2-4,6-7,15-16H,5,8-13H2,1H3;1H. The Morgan fingerprint density at radius 2 is 2.11 bits per heavy atom. The van der Waals surface area contributed by atoms with E-state index >= 15 is 0 Å². The zero-order valence-electron chi connectivity index (χ0n) is 11.7. The van der Waals surface area contributed by atoms with Crippen molar-refractivity contribution in [2.75, 3.05) is 32.4 Å². The Morgan fingerprint density at radius 1 is 1.32 bits per heavy atom. The number of hydrogen-bond donors (Lipinski definition) is 1. The number of benzene rings is 1. The first-order valence-corrected chi connectivity index (χ1v) is 8.06. The predicted molar refractivity (Wildman–Crippen MR) is 88.4 cm³/mol. The van der Waals surface area contributed by atoms with Crippen molar-refractivity contribution in [1.82, 2.24) is 10.2 Å². The average molecular weight is 301 g/mol. The van der Waals surface area contributed by atoms with Gasteiger partial charge in [0.2, 0.25) is 0 Å². The minimum absolute atomic E-state index is 0. The lowest BCUT2D eigenvalue weighted by molar-refractivity contribution is 0.266. The fourth-order valence-electron chi connectivity index (χ4n) is 2.60. The molecule has 1 N–H and O–H groups in total. The van der Waals surface area contributed by atoms with Gasteiger partial charge in [-0.05, 0) is 32.0 Å². The summed E-state index contributed by atoms with van der Waals surface area (Å²) in [6.07, 6.45) is 2.74. The molecular weight excluding hydrogens is 276 g/mol. The van der Waals surface area contributed by atoms with Crippen LogP contribution in [0.1, 0.15) is 18.4 Å². The first-order valence-electron chi connectivity index (χ1n) is 6.90. The van der Waals surface area contributed by atoms with Crippen LogP contribution in [0.3, 0.4) is 0 Å². The van der Waals surface area contributed by atoms with Gasteiger partial charge >= 0.3 is 0 Å². The van der Waals surface area contributed by atoms with Crippen molar-refractivity contribution in [1.29, 1.82) is 0 Å². The monoisotopic (exact) mass is 300 g/mol. The lowest BCUT2D eigenvalue weighted by atomic mass is 10.2. The van der Waals surface area contributed by atoms with Gasteiger partial charge in [-0.15, -0.1) is 12.4 Å². The smallest absolute Gasteiger partial charge is 0.0221 e. The van der Waals surface area contributed by atoms with Crippen molar-refractivity contribution in [3.8, 4) is 0 Å². The van der Waals surface area contributed by atoms with Crippen molar-refractivity contribution in [3.63, 3.8) is 0 Å². The van der Waals surface area contributed by atoms with Crippen LogP contribution in [0, 0.1) is 0 Å². The molecule has 2 nitrogen and oxygen atoms in total. The zero-order valence-corrected chi connectivity index (χ0v) is 13.3. The lowest BCUT2D eigenvalue weighted by Gasteiger charge is -2.23. The van der Waals surface area contributed by atoms with Crippen molar-refractivity contribution >= 4 is 24.2 Å². The van der Waals surface area contributed by atoms with Crippen molar-refractivity contribution in [2.45, 2.75) is 24.6 Å². The molecule has 1 heterocycles. The first-order chi connectivity index (χ1) is 8.90. The van der Waals surface area contributed by atoms with Crippen LogP contribution < -0.4 is 5.32 Å². The summed E-state index contributed by atoms with van der Waals surface area (Å²) in [5, 5.41) is 3.31. The van der Waals surface area contributed by atoms with Crippen LogP contribution in [0.4, 0.5) is 0 Å². The molecule has 1 aliphatic rings. The Kier molecular flexibility index (Phi) is 8.55. The summed E-state index contributed by atoms with van der Waals surface area (Å²) in [6, 6.07) is 11.5. The second-order valence-electron chi connectivity index (χ2n) is 4.93. The van der Waals surface area contributed by atoms with Gasteiger partial charge in [0.05, 0.1) is 0 Å². The molecule has 0 bridgehead atoms. The van der Waals surface area contributed by atoms with E-state index in [0.29, 0.717) is 0 Å². The maximum Gasteiger partial charge on any atom is 0.0221 e. The summed E-state index contributed by atoms with van der Waals surface area (Å²) < 4.78 is 0. The Bertz CT molecular complexity index is 334. The third kappa shape index (κ3) is 5.74. The number of nitrogens with zero attached hydrogens (tertiary/aromatic N) is 1. The van der Waals surface area contributed by atoms with E-state index in [1.165, 1.54) is 37.2 Å². The Balaban J connectivity index is 0.00000180. The molecule has 0 spiro atoms. The molecule has 4 heteroatoms. The molecule has 1 aromatic carbocycles. The molecule has 1 unspecified atom stereocenters. The maximum absolute atomic E-state index is 3.31. The number of likely N-dealkylation sites (N-methyl/N-ethyl adjacent to an activating group) is 1. The molecule has 0 amide bonds. The third-order valence-corrected chi connectivity index (χ3v) is 4.58. The van der Waals surface area contributed by atoms with Crippen LogP contribution in [0.2, 0.25) is 0 Å². The summed E-state index contributed by atoms with van der Waals surface area (Å²) in [6.45, 7) is 3.67. The fraction of sp³-hybridized carbons (Fsp3) is 0.600. The second kappa shape index (κ2) is 9.65. The van der Waals surface area contributed by atoms with Crippen molar-refractivity contribution < 1.29 is 0 Å². The van der Waals surface area contributed by atoms with E-state index in [1.54, 1.807) is 0 Å². The normalized spacial score (nSPS) is 19.3. The minimum Gasteiger partial charge on any atom is -0.318 e. The molecule has 108 valence electrons. The molecule has 2 rings (SSSR count). The van der Waals surface area contributed by atoms with Crippen LogP contribution >= 0.6 is 24.2 Å². The SMILES string of the molecule is CNCC1CCCN1CCSCc1ccccc1.Cl. The summed E-state index contributed by atoms with van der Waals surface area (Å²) in [5.41, 5.74) is 1.44. The fourth-order valence-corrected chi connectivity index (χ4v) is 3.54. The van der Waals surface area contributed by atoms with Gasteiger partial charge in [0, 0.05) is 30.6 Å². The van der Waals surface area contributed by atoms with Crippen LogP contribution in [0.15, 0.2) is 30.3 Å². The van der Waals surface area contributed by atoms with Gasteiger partial charge < -0.3 is 5.32 Å². The Morgan fingerprint density at radius 3 is 2.84 bits per heavy atom. The van der Waals surface area contributed by atoms with Gasteiger partial charge in [0.15, 0.2) is 0 Å². The predicted octanol–water partition coefficient (Wildman–Crippen LogP) is 3.03. The molecule has 0 radical (unpaired) electrons. The number of likely N-dealkylation sites (tertiary alicyclic amines) is 1. The molecule has 0 aromatic heterocycles. The molecule has 1 aliphatic heterocycles. The van der Waals surface area contributed by atoms with Crippen LogP contribution in [-0.4, -0.2) is 43.4 Å². The number of rotatable bonds is 7. The number of hydrogen-bond acceptors (Lipinski definition) is 3. The molecule has 1 saturated heterocycles. The van der Waals surface area contributed by atoms with Crippen LogP contribution in [-0.2, 0) is 5.75 Å². The van der Waals surface area contributed by atoms with Crippen molar-refractivity contribution in [2.24, 2.45) is 0 Å². The Hall–Kier alpha value is -0.220. The third-order valence-electron chi connectivity index (χ3n) is 3.57. The molecule has 1 atom stereocenters. The molecule has 0 aliphatic carbocycles. The highest BCUT2D eigenvalue weighted by molar-refractivity contribution is 7.98. The van der Waals surface area contributed by atoms with E-state index < -0.39 is 0 Å². The zero-order chi connectivity index (χ0) is 12.6. The van der Waals surface area contributed by atoms with Gasteiger partial charge in [-0.25, -0.2) is 0 Å². The summed E-state index contributed by atoms with van der Waals surface area (Å²) in [7, 11) is 2.06. The topological polar surface area (TPSA) is 15.3 Å². The maximum atomic E-state index is 3.31. The van der Waals surface area contributed by atoms with E-state index in [2.05, 4.69) is 59.4 Å². The van der Waals surface area contributed by atoms with E-state index in [1.807, 2.05) is 0 Å². The highest BCUT2D eigenvalue weighted by Gasteiger charge is 2.22.